The summed E-state index contributed by atoms with van der Waals surface area (Å²) in [7, 11) is 0. The van der Waals surface area contributed by atoms with Crippen molar-refractivity contribution >= 4 is 5.69 Å². The van der Waals surface area contributed by atoms with Gasteiger partial charge in [0.15, 0.2) is 0 Å². The number of nitrogens with zero attached hydrogens (tertiary/aromatic N) is 4. The number of nitrogens with one attached hydrogen (secondary N) is 1. The van der Waals surface area contributed by atoms with Crippen molar-refractivity contribution in [2.45, 2.75) is 20.4 Å². The smallest absolute Gasteiger partial charge is 0.269 e. The van der Waals surface area contributed by atoms with Crippen LogP contribution in [0.4, 0.5) is 5.69 Å². The average molecular weight is 261 g/mol. The molecule has 1 aromatic carbocycles. The zero-order chi connectivity index (χ0) is 13.8. The molecule has 100 valence electrons. The molecule has 0 amide bonds. The monoisotopic (exact) mass is 261 g/mol. The Kier molecular flexibility index (Phi) is 3.86. The first kappa shape index (κ1) is 13.2. The molecule has 0 unspecified atom stereocenters. The molecule has 1 aromatic heterocycles. The Morgan fingerprint density at radius 3 is 2.89 bits per heavy atom. The second-order valence-corrected chi connectivity index (χ2v) is 4.16. The molecule has 0 spiro atoms. The van der Waals surface area contributed by atoms with Crippen LogP contribution in [-0.4, -0.2) is 26.5 Å². The zero-order valence-electron chi connectivity index (χ0n) is 10.8. The lowest BCUT2D eigenvalue weighted by Crippen LogP contribution is -2.11. The maximum atomic E-state index is 10.7. The molecule has 0 aliphatic carbocycles. The van der Waals surface area contributed by atoms with Crippen molar-refractivity contribution in [1.29, 1.82) is 0 Å². The highest BCUT2D eigenvalue weighted by molar-refractivity contribution is 5.47. The van der Waals surface area contributed by atoms with Gasteiger partial charge >= 0.3 is 0 Å². The fourth-order valence-electron chi connectivity index (χ4n) is 1.76. The van der Waals surface area contributed by atoms with E-state index in [-0.39, 0.29) is 5.69 Å². The Labute approximate surface area is 110 Å². The standard InChI is InChI=1S/C12H15N5O2/c1-3-13-7-10-8-16(15-14-10)12-5-4-11(17(18)19)6-9(12)2/h4-6,8,13H,3,7H2,1-2H3. The third-order valence-electron chi connectivity index (χ3n) is 2.73. The van der Waals surface area contributed by atoms with Gasteiger partial charge in [-0.2, -0.15) is 0 Å². The molecular weight excluding hydrogens is 246 g/mol. The molecule has 1 heterocycles. The van der Waals surface area contributed by atoms with Crippen molar-refractivity contribution in [1.82, 2.24) is 20.3 Å². The molecule has 0 radical (unpaired) electrons. The molecule has 2 aromatic rings. The molecule has 1 N–H and O–H groups in total. The van der Waals surface area contributed by atoms with Crippen LogP contribution in [0, 0.1) is 17.0 Å². The van der Waals surface area contributed by atoms with Crippen molar-refractivity contribution in [3.8, 4) is 5.69 Å². The van der Waals surface area contributed by atoms with E-state index in [1.165, 1.54) is 12.1 Å². The predicted molar refractivity (Wildman–Crippen MR) is 70.1 cm³/mol. The lowest BCUT2D eigenvalue weighted by Gasteiger charge is -2.04. The highest BCUT2D eigenvalue weighted by Gasteiger charge is 2.10. The molecule has 0 bridgehead atoms. The third-order valence-corrected chi connectivity index (χ3v) is 2.73. The summed E-state index contributed by atoms with van der Waals surface area (Å²) >= 11 is 0. The van der Waals surface area contributed by atoms with E-state index >= 15 is 0 Å². The van der Waals surface area contributed by atoms with E-state index in [9.17, 15) is 10.1 Å². The normalized spacial score (nSPS) is 10.6. The lowest BCUT2D eigenvalue weighted by atomic mass is 10.2. The fourth-order valence-corrected chi connectivity index (χ4v) is 1.76. The van der Waals surface area contributed by atoms with Gasteiger partial charge in [-0.3, -0.25) is 10.1 Å². The van der Waals surface area contributed by atoms with Crippen LogP contribution in [0.5, 0.6) is 0 Å². The summed E-state index contributed by atoms with van der Waals surface area (Å²) in [5, 5.41) is 21.9. The molecule has 0 aliphatic rings. The van der Waals surface area contributed by atoms with Crippen LogP contribution < -0.4 is 5.32 Å². The van der Waals surface area contributed by atoms with E-state index in [2.05, 4.69) is 15.6 Å². The number of nitro benzene ring substituents is 1. The summed E-state index contributed by atoms with van der Waals surface area (Å²) in [4.78, 5) is 10.3. The Morgan fingerprint density at radius 1 is 1.47 bits per heavy atom. The summed E-state index contributed by atoms with van der Waals surface area (Å²) in [5.74, 6) is 0. The van der Waals surface area contributed by atoms with Crippen molar-refractivity contribution in [3.05, 3.63) is 45.8 Å². The number of hydrogen-bond donors (Lipinski definition) is 1. The van der Waals surface area contributed by atoms with Crippen molar-refractivity contribution in [3.63, 3.8) is 0 Å². The molecule has 0 saturated heterocycles. The first-order valence-electron chi connectivity index (χ1n) is 5.99. The minimum Gasteiger partial charge on any atom is -0.311 e. The van der Waals surface area contributed by atoms with E-state index in [1.807, 2.05) is 20.0 Å². The zero-order valence-corrected chi connectivity index (χ0v) is 10.8. The second-order valence-electron chi connectivity index (χ2n) is 4.16. The van der Waals surface area contributed by atoms with E-state index in [1.54, 1.807) is 10.7 Å². The highest BCUT2D eigenvalue weighted by atomic mass is 16.6. The Bertz CT molecular complexity index is 594. The van der Waals surface area contributed by atoms with Gasteiger partial charge in [-0.25, -0.2) is 4.68 Å². The lowest BCUT2D eigenvalue weighted by molar-refractivity contribution is -0.384. The van der Waals surface area contributed by atoms with Crippen LogP contribution in [0.1, 0.15) is 18.2 Å². The molecule has 2 rings (SSSR count). The summed E-state index contributed by atoms with van der Waals surface area (Å²) in [5.41, 5.74) is 2.49. The first-order chi connectivity index (χ1) is 9.11. The molecule has 19 heavy (non-hydrogen) atoms. The number of benzene rings is 1. The van der Waals surface area contributed by atoms with Crippen LogP contribution in [0.25, 0.3) is 5.69 Å². The van der Waals surface area contributed by atoms with Crippen LogP contribution in [0.2, 0.25) is 0 Å². The minimum atomic E-state index is -0.408. The van der Waals surface area contributed by atoms with Gasteiger partial charge in [0.2, 0.25) is 0 Å². The van der Waals surface area contributed by atoms with Crippen molar-refractivity contribution in [2.75, 3.05) is 6.54 Å². The van der Waals surface area contributed by atoms with E-state index in [0.717, 1.165) is 23.5 Å². The maximum Gasteiger partial charge on any atom is 0.269 e. The van der Waals surface area contributed by atoms with Crippen LogP contribution >= 0.6 is 0 Å². The maximum absolute atomic E-state index is 10.7. The quantitative estimate of drug-likeness (QED) is 0.652. The molecule has 7 nitrogen and oxygen atoms in total. The topological polar surface area (TPSA) is 85.9 Å². The summed E-state index contributed by atoms with van der Waals surface area (Å²) < 4.78 is 1.63. The number of nitro groups is 1. The van der Waals surface area contributed by atoms with E-state index in [0.29, 0.717) is 6.54 Å². The van der Waals surface area contributed by atoms with E-state index < -0.39 is 4.92 Å². The predicted octanol–water partition coefficient (Wildman–Crippen LogP) is 1.59. The second kappa shape index (κ2) is 5.57. The van der Waals surface area contributed by atoms with Gasteiger partial charge in [0.1, 0.15) is 0 Å². The van der Waals surface area contributed by atoms with Crippen molar-refractivity contribution in [2.24, 2.45) is 0 Å². The summed E-state index contributed by atoms with van der Waals surface area (Å²) in [6.45, 7) is 5.35. The molecule has 7 heteroatoms. The number of hydrogen-bond acceptors (Lipinski definition) is 5. The van der Waals surface area contributed by atoms with Gasteiger partial charge in [0.25, 0.3) is 5.69 Å². The van der Waals surface area contributed by atoms with Crippen molar-refractivity contribution < 1.29 is 4.92 Å². The fraction of sp³-hybridized carbons (Fsp3) is 0.333. The first-order valence-corrected chi connectivity index (χ1v) is 5.99. The molecule has 0 saturated carbocycles. The Morgan fingerprint density at radius 2 is 2.26 bits per heavy atom. The third kappa shape index (κ3) is 2.94. The molecular formula is C12H15N5O2. The van der Waals surface area contributed by atoms with E-state index in [4.69, 9.17) is 0 Å². The Balaban J connectivity index is 2.26. The van der Waals surface area contributed by atoms with Gasteiger partial charge in [-0.05, 0) is 25.1 Å². The van der Waals surface area contributed by atoms with Crippen LogP contribution in [-0.2, 0) is 6.54 Å². The van der Waals surface area contributed by atoms with Gasteiger partial charge in [-0.1, -0.05) is 12.1 Å². The van der Waals surface area contributed by atoms with Gasteiger partial charge in [-0.15, -0.1) is 5.10 Å². The molecule has 0 fully saturated rings. The highest BCUT2D eigenvalue weighted by Crippen LogP contribution is 2.19. The van der Waals surface area contributed by atoms with Crippen LogP contribution in [0.15, 0.2) is 24.4 Å². The molecule has 0 aliphatic heterocycles. The average Bonchev–Trinajstić information content (AvgIpc) is 2.84. The number of aryl methyl sites for hydroxylation is 1. The van der Waals surface area contributed by atoms with Crippen LogP contribution in [0.3, 0.4) is 0 Å². The summed E-state index contributed by atoms with van der Waals surface area (Å²) in [6.07, 6.45) is 1.82. The number of aromatic nitrogens is 3. The largest absolute Gasteiger partial charge is 0.311 e. The molecule has 0 atom stereocenters. The van der Waals surface area contributed by atoms with Gasteiger partial charge in [0, 0.05) is 18.7 Å². The Hall–Kier alpha value is -2.28. The number of non-ortho nitro benzene ring substituents is 1. The summed E-state index contributed by atoms with van der Waals surface area (Å²) in [6, 6.07) is 4.67. The SMILES string of the molecule is CCNCc1cn(-c2ccc([N+](=O)[O-])cc2C)nn1. The minimum absolute atomic E-state index is 0.0780. The number of rotatable bonds is 5. The van der Waals surface area contributed by atoms with Gasteiger partial charge in [0.05, 0.1) is 22.5 Å². The van der Waals surface area contributed by atoms with Gasteiger partial charge < -0.3 is 5.32 Å².